The summed E-state index contributed by atoms with van der Waals surface area (Å²) < 4.78 is 11.6. The molecule has 0 aliphatic carbocycles. The average molecular weight is 236 g/mol. The molecule has 0 saturated carbocycles. The van der Waals surface area contributed by atoms with E-state index >= 15 is 0 Å². The summed E-state index contributed by atoms with van der Waals surface area (Å²) in [6.07, 6.45) is 4.11. The summed E-state index contributed by atoms with van der Waals surface area (Å²) >= 11 is 0. The van der Waals surface area contributed by atoms with Crippen molar-refractivity contribution in [1.82, 2.24) is 4.98 Å². The standard InChI is InChI=1S/C13H20N2O2/c1-8-4-5-15-13(12(8)14)17-11-6-9(2)16-10(3)7-11/h4-5,9-11H,6-7,14H2,1-3H3. The fraction of sp³-hybridized carbons (Fsp3) is 0.615. The molecule has 0 spiro atoms. The smallest absolute Gasteiger partial charge is 0.237 e. The topological polar surface area (TPSA) is 57.4 Å². The first-order valence-electron chi connectivity index (χ1n) is 6.09. The lowest BCUT2D eigenvalue weighted by Crippen LogP contribution is -2.36. The Morgan fingerprint density at radius 2 is 2.00 bits per heavy atom. The Bertz CT molecular complexity index is 385. The van der Waals surface area contributed by atoms with Crippen LogP contribution < -0.4 is 10.5 Å². The summed E-state index contributed by atoms with van der Waals surface area (Å²) in [5, 5.41) is 0. The number of pyridine rings is 1. The molecular weight excluding hydrogens is 216 g/mol. The fourth-order valence-electron chi connectivity index (χ4n) is 2.24. The summed E-state index contributed by atoms with van der Waals surface area (Å²) in [4.78, 5) is 4.20. The number of rotatable bonds is 2. The van der Waals surface area contributed by atoms with Gasteiger partial charge in [0.2, 0.25) is 5.88 Å². The van der Waals surface area contributed by atoms with Crippen molar-refractivity contribution in [3.05, 3.63) is 17.8 Å². The second kappa shape index (κ2) is 4.92. The molecule has 2 atom stereocenters. The lowest BCUT2D eigenvalue weighted by molar-refractivity contribution is -0.0728. The molecule has 2 unspecified atom stereocenters. The van der Waals surface area contributed by atoms with E-state index in [9.17, 15) is 0 Å². The highest BCUT2D eigenvalue weighted by Crippen LogP contribution is 2.27. The van der Waals surface area contributed by atoms with E-state index in [4.69, 9.17) is 15.2 Å². The summed E-state index contributed by atoms with van der Waals surface area (Å²) in [6.45, 7) is 6.09. The molecule has 1 saturated heterocycles. The van der Waals surface area contributed by atoms with Gasteiger partial charge in [0.15, 0.2) is 0 Å². The van der Waals surface area contributed by atoms with Gasteiger partial charge in [0.05, 0.1) is 17.9 Å². The summed E-state index contributed by atoms with van der Waals surface area (Å²) in [5.74, 6) is 0.552. The van der Waals surface area contributed by atoms with Crippen molar-refractivity contribution < 1.29 is 9.47 Å². The van der Waals surface area contributed by atoms with Gasteiger partial charge in [-0.05, 0) is 32.4 Å². The van der Waals surface area contributed by atoms with Crippen molar-refractivity contribution in [3.63, 3.8) is 0 Å². The Labute approximate surface area is 102 Å². The Balaban J connectivity index is 2.07. The van der Waals surface area contributed by atoms with Crippen molar-refractivity contribution in [2.45, 2.75) is 51.9 Å². The first-order chi connectivity index (χ1) is 8.06. The van der Waals surface area contributed by atoms with Gasteiger partial charge in [-0.1, -0.05) is 0 Å². The van der Waals surface area contributed by atoms with Crippen LogP contribution in [-0.2, 0) is 4.74 Å². The van der Waals surface area contributed by atoms with E-state index in [-0.39, 0.29) is 18.3 Å². The second-order valence-electron chi connectivity index (χ2n) is 4.82. The largest absolute Gasteiger partial charge is 0.473 e. The maximum absolute atomic E-state index is 5.95. The lowest BCUT2D eigenvalue weighted by atomic mass is 10.0. The van der Waals surface area contributed by atoms with Gasteiger partial charge in [0, 0.05) is 19.0 Å². The van der Waals surface area contributed by atoms with E-state index in [2.05, 4.69) is 18.8 Å². The second-order valence-corrected chi connectivity index (χ2v) is 4.82. The van der Waals surface area contributed by atoms with Crippen LogP contribution in [0.15, 0.2) is 12.3 Å². The third kappa shape index (κ3) is 2.88. The van der Waals surface area contributed by atoms with Crippen molar-refractivity contribution in [1.29, 1.82) is 0 Å². The Hall–Kier alpha value is -1.29. The predicted molar refractivity (Wildman–Crippen MR) is 67.0 cm³/mol. The van der Waals surface area contributed by atoms with E-state index in [1.165, 1.54) is 0 Å². The molecule has 0 aromatic carbocycles. The zero-order valence-corrected chi connectivity index (χ0v) is 10.6. The molecule has 2 heterocycles. The maximum atomic E-state index is 5.95. The van der Waals surface area contributed by atoms with Crippen LogP contribution in [0.1, 0.15) is 32.3 Å². The van der Waals surface area contributed by atoms with Crippen molar-refractivity contribution in [2.24, 2.45) is 0 Å². The fourth-order valence-corrected chi connectivity index (χ4v) is 2.24. The first kappa shape index (κ1) is 12.2. The van der Waals surface area contributed by atoms with Crippen molar-refractivity contribution in [3.8, 4) is 5.88 Å². The zero-order chi connectivity index (χ0) is 12.4. The molecule has 1 aliphatic rings. The molecule has 2 N–H and O–H groups in total. The lowest BCUT2D eigenvalue weighted by Gasteiger charge is -2.32. The van der Waals surface area contributed by atoms with Gasteiger partial charge in [0.25, 0.3) is 0 Å². The molecule has 0 bridgehead atoms. The number of aromatic nitrogens is 1. The van der Waals surface area contributed by atoms with E-state index in [0.29, 0.717) is 11.6 Å². The van der Waals surface area contributed by atoms with Gasteiger partial charge in [-0.25, -0.2) is 4.98 Å². The number of nitrogens with zero attached hydrogens (tertiary/aromatic N) is 1. The molecule has 1 aromatic rings. The zero-order valence-electron chi connectivity index (χ0n) is 10.6. The highest BCUT2D eigenvalue weighted by Gasteiger charge is 2.26. The van der Waals surface area contributed by atoms with E-state index in [1.54, 1.807) is 6.20 Å². The van der Waals surface area contributed by atoms with Crippen LogP contribution in [0.4, 0.5) is 5.69 Å². The molecule has 1 fully saturated rings. The average Bonchev–Trinajstić information content (AvgIpc) is 2.23. The van der Waals surface area contributed by atoms with Crippen molar-refractivity contribution >= 4 is 5.69 Å². The van der Waals surface area contributed by atoms with Crippen LogP contribution in [0.2, 0.25) is 0 Å². The summed E-state index contributed by atoms with van der Waals surface area (Å²) in [7, 11) is 0. The van der Waals surface area contributed by atoms with Gasteiger partial charge in [-0.3, -0.25) is 0 Å². The molecule has 2 rings (SSSR count). The molecular formula is C13H20N2O2. The normalized spacial score (nSPS) is 29.0. The van der Waals surface area contributed by atoms with Crippen LogP contribution in [0.5, 0.6) is 5.88 Å². The molecule has 4 heteroatoms. The minimum absolute atomic E-state index is 0.144. The molecule has 0 radical (unpaired) electrons. The van der Waals surface area contributed by atoms with Gasteiger partial charge in [0.1, 0.15) is 6.10 Å². The molecule has 17 heavy (non-hydrogen) atoms. The number of nitrogen functional groups attached to an aromatic ring is 1. The molecule has 0 amide bonds. The van der Waals surface area contributed by atoms with Gasteiger partial charge in [-0.15, -0.1) is 0 Å². The van der Waals surface area contributed by atoms with Gasteiger partial charge < -0.3 is 15.2 Å². The monoisotopic (exact) mass is 236 g/mol. The third-order valence-corrected chi connectivity index (χ3v) is 3.10. The van der Waals surface area contributed by atoms with Crippen LogP contribution in [0, 0.1) is 6.92 Å². The Morgan fingerprint density at radius 3 is 2.65 bits per heavy atom. The number of ether oxygens (including phenoxy) is 2. The van der Waals surface area contributed by atoms with E-state index in [0.717, 1.165) is 18.4 Å². The minimum atomic E-state index is 0.144. The molecule has 94 valence electrons. The minimum Gasteiger partial charge on any atom is -0.473 e. The Morgan fingerprint density at radius 1 is 1.35 bits per heavy atom. The number of hydrogen-bond donors (Lipinski definition) is 1. The van der Waals surface area contributed by atoms with Crippen LogP contribution in [0.3, 0.4) is 0 Å². The van der Waals surface area contributed by atoms with Gasteiger partial charge in [-0.2, -0.15) is 0 Å². The summed E-state index contributed by atoms with van der Waals surface area (Å²) in [5.41, 5.74) is 7.59. The van der Waals surface area contributed by atoms with E-state index < -0.39 is 0 Å². The molecule has 1 aromatic heterocycles. The van der Waals surface area contributed by atoms with Crippen LogP contribution in [-0.4, -0.2) is 23.3 Å². The highest BCUT2D eigenvalue weighted by atomic mass is 16.5. The SMILES string of the molecule is Cc1ccnc(OC2CC(C)OC(C)C2)c1N. The number of nitrogens with two attached hydrogens (primary N) is 1. The maximum Gasteiger partial charge on any atom is 0.237 e. The Kier molecular flexibility index (Phi) is 3.52. The number of anilines is 1. The van der Waals surface area contributed by atoms with Crippen LogP contribution in [0.25, 0.3) is 0 Å². The van der Waals surface area contributed by atoms with Gasteiger partial charge >= 0.3 is 0 Å². The van der Waals surface area contributed by atoms with Crippen LogP contribution >= 0.6 is 0 Å². The quantitative estimate of drug-likeness (QED) is 0.856. The third-order valence-electron chi connectivity index (χ3n) is 3.10. The van der Waals surface area contributed by atoms with E-state index in [1.807, 2.05) is 13.0 Å². The van der Waals surface area contributed by atoms with Crippen molar-refractivity contribution in [2.75, 3.05) is 5.73 Å². The first-order valence-corrected chi connectivity index (χ1v) is 6.09. The predicted octanol–water partition coefficient (Wildman–Crippen LogP) is 2.31. The summed E-state index contributed by atoms with van der Waals surface area (Å²) in [6, 6.07) is 1.89. The molecule has 1 aliphatic heterocycles. The molecule has 4 nitrogen and oxygen atoms in total. The number of hydrogen-bond acceptors (Lipinski definition) is 4. The highest BCUT2D eigenvalue weighted by molar-refractivity contribution is 5.53. The number of aryl methyl sites for hydroxylation is 1.